The molecule has 5 aliphatic rings. The van der Waals surface area contributed by atoms with Gasteiger partial charge in [-0.3, -0.25) is 57.7 Å². The predicted octanol–water partition coefficient (Wildman–Crippen LogP) is 11.8. The van der Waals surface area contributed by atoms with E-state index in [0.717, 1.165) is 108 Å². The Kier molecular flexibility index (Phi) is 32.9. The number of H-pyrrole nitrogens is 3. The monoisotopic (exact) mass is 1700 g/mol. The first-order valence-corrected chi connectivity index (χ1v) is 48.1. The fourth-order valence-corrected chi connectivity index (χ4v) is 23.7. The summed E-state index contributed by atoms with van der Waals surface area (Å²) in [6, 6.07) is 22.8. The highest BCUT2D eigenvalue weighted by Crippen LogP contribution is 2.48. The Bertz CT molecular complexity index is 4680. The second-order valence-corrected chi connectivity index (χ2v) is 39.1. The van der Waals surface area contributed by atoms with Crippen LogP contribution >= 0.6 is 45.1 Å². The van der Waals surface area contributed by atoms with Crippen LogP contribution in [-0.4, -0.2) is 209 Å². The van der Waals surface area contributed by atoms with Crippen LogP contribution in [0, 0.1) is 35.5 Å². The summed E-state index contributed by atoms with van der Waals surface area (Å²) in [4.78, 5) is 163. The predicted molar refractivity (Wildman–Crippen MR) is 478 cm³/mol. The van der Waals surface area contributed by atoms with Crippen molar-refractivity contribution in [2.24, 2.45) is 41.2 Å². The van der Waals surface area contributed by atoms with Crippen molar-refractivity contribution in [3.63, 3.8) is 0 Å². The Labute approximate surface area is 716 Å². The number of phenolic OH excluding ortho intramolecular Hbond substituents is 1. The third kappa shape index (κ3) is 23.3. The van der Waals surface area contributed by atoms with Crippen LogP contribution < -0.4 is 32.3 Å². The minimum absolute atomic E-state index is 0.0139. The van der Waals surface area contributed by atoms with Crippen molar-refractivity contribution in [3.05, 3.63) is 137 Å². The number of piperidine rings is 2. The van der Waals surface area contributed by atoms with Crippen molar-refractivity contribution in [1.82, 2.24) is 51.3 Å². The summed E-state index contributed by atoms with van der Waals surface area (Å²) < 4.78 is 0. The van der Waals surface area contributed by atoms with E-state index < -0.39 is 114 Å². The zero-order chi connectivity index (χ0) is 84.4. The molecule has 12 rings (SSSR count). The molecule has 0 radical (unpaired) electrons. The van der Waals surface area contributed by atoms with Crippen LogP contribution in [0.3, 0.4) is 0 Å². The summed E-state index contributed by atoms with van der Waals surface area (Å²) in [6.45, 7) is 15.6. The lowest BCUT2D eigenvalue weighted by Crippen LogP contribution is -2.51. The molecule has 16 atom stereocenters. The second kappa shape index (κ2) is 43.3. The van der Waals surface area contributed by atoms with Gasteiger partial charge in [0.2, 0.25) is 29.5 Å². The first-order valence-electron chi connectivity index (χ1n) is 43.4. The van der Waals surface area contributed by atoms with Gasteiger partial charge in [-0.15, -0.1) is 11.8 Å². The van der Waals surface area contributed by atoms with Crippen molar-refractivity contribution in [2.75, 3.05) is 68.0 Å². The molecular weight excluding hydrogens is 1580 g/mol. The number of nitrogens with one attached hydrogen (secondary N) is 8. The smallest absolute Gasteiger partial charge is 0.230 e. The summed E-state index contributed by atoms with van der Waals surface area (Å²) in [5, 5.41) is 39.7. The SMILES string of the molecule is CCCN1C[C@H](CSCC(=O)C[C@H](CCCCNC(=O)CSC(C)[C@@H]2C[C@@H]3c4cccc5[nH]cc(c45)C[C@H]3N(CCC)C2)C(=O)N[C@H]2CSSC[C@@H](C(=O)NC(C(C)=O)[C@@H](C)O)CC(=O)[C@H](CC)NC(=O)[C@H](CCCCN)CC(=O)[C@@H](Cc3c[nH]c4ccccc34)NC(=O)[C@H](Cc3ccc(O)cc3)CC2=O)C[C@@H]2c3cccc4[nH]cc(c34)C[C@H]21. The van der Waals surface area contributed by atoms with Crippen molar-refractivity contribution < 1.29 is 58.2 Å². The number of carbonyl (C=O) groups excluding carboxylic acids is 10. The summed E-state index contributed by atoms with van der Waals surface area (Å²) in [6.07, 6.45) is 12.0. The largest absolute Gasteiger partial charge is 0.508 e. The van der Waals surface area contributed by atoms with Crippen LogP contribution in [0.1, 0.15) is 183 Å². The molecule has 3 aromatic heterocycles. The van der Waals surface area contributed by atoms with E-state index in [1.54, 1.807) is 48.8 Å². The molecule has 2 aliphatic carbocycles. The van der Waals surface area contributed by atoms with Gasteiger partial charge in [0.25, 0.3) is 0 Å². The Morgan fingerprint density at radius 2 is 1.29 bits per heavy atom. The fourth-order valence-electron chi connectivity index (χ4n) is 19.2. The fraction of sp³-hybridized carbons (Fsp3) is 0.565. The molecule has 23 nitrogen and oxygen atoms in total. The van der Waals surface area contributed by atoms with Crippen molar-refractivity contribution in [2.45, 2.75) is 223 Å². The lowest BCUT2D eigenvalue weighted by atomic mass is 9.71. The molecule has 0 spiro atoms. The normalized spacial score (nSPS) is 24.8. The molecule has 6 heterocycles. The van der Waals surface area contributed by atoms with E-state index in [1.807, 2.05) is 24.3 Å². The number of Topliss-reactive ketones (excluding diaryl/α,β-unsaturated/α-hetero) is 5. The van der Waals surface area contributed by atoms with Crippen LogP contribution in [0.4, 0.5) is 0 Å². The zero-order valence-corrected chi connectivity index (χ0v) is 73.1. The number of aromatic hydroxyl groups is 1. The van der Waals surface area contributed by atoms with Gasteiger partial charge in [-0.2, -0.15) is 11.8 Å². The topological polar surface area (TPSA) is 351 Å². The number of aromatic amines is 3. The second-order valence-electron chi connectivity index (χ2n) is 34.1. The van der Waals surface area contributed by atoms with Gasteiger partial charge in [0.15, 0.2) is 23.1 Å². The van der Waals surface area contributed by atoms with Gasteiger partial charge < -0.3 is 57.5 Å². The Morgan fingerprint density at radius 1 is 0.664 bits per heavy atom. The highest BCUT2D eigenvalue weighted by molar-refractivity contribution is 8.76. The number of rotatable bonds is 34. The van der Waals surface area contributed by atoms with Crippen LogP contribution in [0.2, 0.25) is 0 Å². The number of nitrogens with two attached hydrogens (primary N) is 1. The molecule has 119 heavy (non-hydrogen) atoms. The Balaban J connectivity index is 0.797. The molecule has 3 aliphatic heterocycles. The molecular formula is C92H123N11O12S4. The number of benzene rings is 4. The zero-order valence-electron chi connectivity index (χ0n) is 69.8. The average Bonchev–Trinajstić information content (AvgIpc) is 1.64. The first kappa shape index (κ1) is 90.5. The van der Waals surface area contributed by atoms with Gasteiger partial charge in [-0.05, 0) is 192 Å². The third-order valence-corrected chi connectivity index (χ3v) is 30.6. The van der Waals surface area contributed by atoms with E-state index in [0.29, 0.717) is 85.7 Å². The molecule has 0 bridgehead atoms. The maximum Gasteiger partial charge on any atom is 0.230 e. The van der Waals surface area contributed by atoms with E-state index in [9.17, 15) is 39.0 Å². The summed E-state index contributed by atoms with van der Waals surface area (Å²) in [5.41, 5.74) is 15.9. The molecule has 7 aromatic rings. The quantitative estimate of drug-likeness (QED) is 0.0132. The number of amides is 5. The average molecular weight is 1700 g/mol. The lowest BCUT2D eigenvalue weighted by molar-refractivity contribution is -0.136. The number of hydrogen-bond acceptors (Lipinski definition) is 19. The number of phenols is 1. The summed E-state index contributed by atoms with van der Waals surface area (Å²) in [5.74, 6) is -6.66. The number of ketones is 5. The summed E-state index contributed by atoms with van der Waals surface area (Å²) >= 11 is 3.28. The maximum atomic E-state index is 15.7. The highest BCUT2D eigenvalue weighted by atomic mass is 33.1. The number of aliphatic hydroxyl groups excluding tert-OH is 1. The van der Waals surface area contributed by atoms with Gasteiger partial charge in [0.05, 0.1) is 41.7 Å². The number of unbranched alkanes of at least 4 members (excludes halogenated alkanes) is 2. The molecule has 0 saturated carbocycles. The van der Waals surface area contributed by atoms with E-state index in [1.165, 1.54) is 64.5 Å². The van der Waals surface area contributed by atoms with Gasteiger partial charge in [-0.25, -0.2) is 0 Å². The Hall–Kier alpha value is -7.76. The third-order valence-electron chi connectivity index (χ3n) is 25.5. The maximum absolute atomic E-state index is 15.7. The van der Waals surface area contributed by atoms with Gasteiger partial charge >= 0.3 is 0 Å². The standard InChI is InChI=1S/C92H123N11O12S4/c1-7-32-102-47-58(35-72-70-21-16-24-76-86(70)63(45-96-76)39-80(72)102)49-116-51-68(107)36-59(19-13-15-31-94-85(111)53-117-56(6)65-37-73-71-22-17-25-77-87(71)64(46-97-77)40-81(73)103(48-65)33-8-2)89(112)100-79-52-119-118-50-66(92(115)101-88(54(4)104)55(5)105)43-82(108)74(9-3)98-90(113)60(18-12-14-30-93)41-83(109)78(38-62-44-95-75-23-11-10-20-69(62)75)99-91(114)61(42-84(79)110)34-57-26-28-67(106)29-27-57/h10-11,16-17,20-29,44-46,54,56,58-61,65-66,72-74,78-81,88,95-97,104,106H,7-9,12-15,18-19,30-43,47-53,93H2,1-6H3,(H,94,111)(H,98,113)(H,99,114)(H,100,112)(H,101,115)/t54-,56?,58-,59+,60-,61-,65-,66+,72-,73-,74+,78-,79+,80-,81-,88?/m1/s1. The molecule has 5 amide bonds. The summed E-state index contributed by atoms with van der Waals surface area (Å²) in [7, 11) is 2.28. The number of nitrogens with zero attached hydrogens (tertiary/aromatic N) is 2. The first-order chi connectivity index (χ1) is 57.5. The molecule has 2 unspecified atom stereocenters. The number of carbonyl (C=O) groups is 10. The number of thioether (sulfide) groups is 2. The Morgan fingerprint density at radius 3 is 1.97 bits per heavy atom. The number of likely N-dealkylation sites (tertiary alicyclic amines) is 2. The van der Waals surface area contributed by atoms with E-state index in [2.05, 4.69) is 121 Å². The van der Waals surface area contributed by atoms with E-state index >= 15 is 19.2 Å². The van der Waals surface area contributed by atoms with Crippen molar-refractivity contribution in [1.29, 1.82) is 0 Å². The number of aliphatic hydroxyl groups is 1. The van der Waals surface area contributed by atoms with Crippen molar-refractivity contribution >= 4 is 136 Å². The number of hydrogen-bond donors (Lipinski definition) is 11. The highest BCUT2D eigenvalue weighted by Gasteiger charge is 2.45. The van der Waals surface area contributed by atoms with Gasteiger partial charge in [0, 0.05) is 161 Å². The van der Waals surface area contributed by atoms with Crippen LogP contribution in [0.25, 0.3) is 32.7 Å². The molecule has 4 aromatic carbocycles. The van der Waals surface area contributed by atoms with Crippen LogP contribution in [-0.2, 0) is 73.6 Å². The van der Waals surface area contributed by atoms with E-state index in [-0.39, 0.29) is 90.6 Å². The molecule has 27 heteroatoms. The number of para-hydroxylation sites is 1. The molecule has 12 N–H and O–H groups in total. The molecule has 3 fully saturated rings. The van der Waals surface area contributed by atoms with Gasteiger partial charge in [-0.1, -0.05) is 117 Å². The van der Waals surface area contributed by atoms with Crippen LogP contribution in [0.15, 0.2) is 104 Å². The lowest BCUT2D eigenvalue weighted by Gasteiger charge is -2.48. The minimum atomic E-state index is -1.32. The molecule has 3 saturated heterocycles. The number of aromatic nitrogens is 3. The van der Waals surface area contributed by atoms with Crippen LogP contribution in [0.5, 0.6) is 5.75 Å². The molecule has 642 valence electrons. The number of fused-ring (bicyclic) bond motifs is 5. The van der Waals surface area contributed by atoms with E-state index in [4.69, 9.17) is 5.73 Å². The van der Waals surface area contributed by atoms with Crippen molar-refractivity contribution in [3.8, 4) is 5.75 Å². The van der Waals surface area contributed by atoms with Gasteiger partial charge in [0.1, 0.15) is 17.6 Å². The minimum Gasteiger partial charge on any atom is -0.508 e.